The fourth-order valence-electron chi connectivity index (χ4n) is 2.31. The van der Waals surface area contributed by atoms with E-state index in [-0.39, 0.29) is 11.7 Å². The first-order valence-electron chi connectivity index (χ1n) is 6.00. The second-order valence-electron chi connectivity index (χ2n) is 4.62. The number of rotatable bonds is 7. The van der Waals surface area contributed by atoms with Gasteiger partial charge < -0.3 is 9.84 Å². The molecule has 84 valence electrons. The van der Waals surface area contributed by atoms with Crippen molar-refractivity contribution < 1.29 is 9.84 Å². The molecule has 0 aromatic heterocycles. The van der Waals surface area contributed by atoms with Crippen molar-refractivity contribution in [1.82, 2.24) is 0 Å². The Morgan fingerprint density at radius 2 is 2.07 bits per heavy atom. The SMILES string of the molecule is CCCCC1(CC(C)O)OC1CCC. The number of ether oxygens (including phenoxy) is 1. The van der Waals surface area contributed by atoms with Gasteiger partial charge in [0.2, 0.25) is 0 Å². The van der Waals surface area contributed by atoms with Crippen molar-refractivity contribution in [2.75, 3.05) is 0 Å². The highest BCUT2D eigenvalue weighted by atomic mass is 16.6. The minimum Gasteiger partial charge on any atom is -0.393 e. The van der Waals surface area contributed by atoms with Gasteiger partial charge in [-0.15, -0.1) is 0 Å². The summed E-state index contributed by atoms with van der Waals surface area (Å²) < 4.78 is 5.80. The molecular weight excluding hydrogens is 176 g/mol. The van der Waals surface area contributed by atoms with Crippen LogP contribution in [0, 0.1) is 0 Å². The van der Waals surface area contributed by atoms with E-state index in [1.807, 2.05) is 6.92 Å². The fourth-order valence-corrected chi connectivity index (χ4v) is 2.31. The van der Waals surface area contributed by atoms with Gasteiger partial charge >= 0.3 is 0 Å². The van der Waals surface area contributed by atoms with Crippen molar-refractivity contribution in [3.8, 4) is 0 Å². The normalized spacial score (nSPS) is 33.0. The van der Waals surface area contributed by atoms with Crippen LogP contribution in [-0.4, -0.2) is 22.9 Å². The van der Waals surface area contributed by atoms with E-state index in [9.17, 15) is 5.11 Å². The van der Waals surface area contributed by atoms with Crippen LogP contribution in [-0.2, 0) is 4.74 Å². The number of epoxide rings is 1. The molecule has 0 radical (unpaired) electrons. The molecule has 1 fully saturated rings. The van der Waals surface area contributed by atoms with Gasteiger partial charge in [0.1, 0.15) is 0 Å². The Bertz CT molecular complexity index is 168. The number of aliphatic hydroxyl groups excluding tert-OH is 1. The minimum atomic E-state index is -0.228. The zero-order valence-corrected chi connectivity index (χ0v) is 9.75. The Morgan fingerprint density at radius 1 is 1.36 bits per heavy atom. The van der Waals surface area contributed by atoms with E-state index in [0.29, 0.717) is 6.10 Å². The largest absolute Gasteiger partial charge is 0.393 e. The van der Waals surface area contributed by atoms with Gasteiger partial charge in [-0.3, -0.25) is 0 Å². The highest BCUT2D eigenvalue weighted by Crippen LogP contribution is 2.47. The van der Waals surface area contributed by atoms with Crippen LogP contribution < -0.4 is 0 Å². The van der Waals surface area contributed by atoms with Gasteiger partial charge in [-0.05, 0) is 19.8 Å². The molecule has 1 heterocycles. The number of hydrogen-bond acceptors (Lipinski definition) is 2. The van der Waals surface area contributed by atoms with E-state index < -0.39 is 0 Å². The van der Waals surface area contributed by atoms with E-state index in [4.69, 9.17) is 4.74 Å². The van der Waals surface area contributed by atoms with Gasteiger partial charge in [-0.1, -0.05) is 33.1 Å². The van der Waals surface area contributed by atoms with Crippen LogP contribution in [0.3, 0.4) is 0 Å². The molecule has 2 nitrogen and oxygen atoms in total. The monoisotopic (exact) mass is 200 g/mol. The second-order valence-corrected chi connectivity index (χ2v) is 4.62. The maximum absolute atomic E-state index is 9.43. The summed E-state index contributed by atoms with van der Waals surface area (Å²) >= 11 is 0. The first-order chi connectivity index (χ1) is 6.64. The van der Waals surface area contributed by atoms with E-state index >= 15 is 0 Å². The zero-order valence-electron chi connectivity index (χ0n) is 9.75. The first-order valence-corrected chi connectivity index (χ1v) is 6.00. The topological polar surface area (TPSA) is 32.8 Å². The van der Waals surface area contributed by atoms with E-state index in [1.54, 1.807) is 0 Å². The molecule has 1 N–H and O–H groups in total. The highest BCUT2D eigenvalue weighted by Gasteiger charge is 2.54. The molecule has 0 bridgehead atoms. The summed E-state index contributed by atoms with van der Waals surface area (Å²) in [4.78, 5) is 0. The van der Waals surface area contributed by atoms with Crippen molar-refractivity contribution in [2.45, 2.75) is 77.1 Å². The first kappa shape index (κ1) is 12.0. The van der Waals surface area contributed by atoms with Crippen LogP contribution in [0.1, 0.15) is 59.3 Å². The molecular formula is C12H24O2. The fraction of sp³-hybridized carbons (Fsp3) is 1.00. The molecule has 3 atom stereocenters. The smallest absolute Gasteiger partial charge is 0.0972 e. The molecule has 1 aliphatic rings. The van der Waals surface area contributed by atoms with Gasteiger partial charge in [0.25, 0.3) is 0 Å². The molecule has 2 heteroatoms. The molecule has 1 rings (SSSR count). The highest BCUT2D eigenvalue weighted by molar-refractivity contribution is 5.02. The molecule has 0 aromatic carbocycles. The van der Waals surface area contributed by atoms with Crippen molar-refractivity contribution in [2.24, 2.45) is 0 Å². The van der Waals surface area contributed by atoms with Crippen LogP contribution in [0.2, 0.25) is 0 Å². The van der Waals surface area contributed by atoms with Gasteiger partial charge in [-0.25, -0.2) is 0 Å². The van der Waals surface area contributed by atoms with Gasteiger partial charge in [-0.2, -0.15) is 0 Å². The summed E-state index contributed by atoms with van der Waals surface area (Å²) in [7, 11) is 0. The van der Waals surface area contributed by atoms with Gasteiger partial charge in [0, 0.05) is 6.42 Å². The van der Waals surface area contributed by atoms with Gasteiger partial charge in [0.15, 0.2) is 0 Å². The van der Waals surface area contributed by atoms with Crippen LogP contribution in [0.4, 0.5) is 0 Å². The lowest BCUT2D eigenvalue weighted by atomic mass is 9.90. The summed E-state index contributed by atoms with van der Waals surface area (Å²) in [5.41, 5.74) is 0.0419. The number of unbranched alkanes of at least 4 members (excludes halogenated alkanes) is 1. The number of aliphatic hydroxyl groups is 1. The molecule has 0 amide bonds. The maximum Gasteiger partial charge on any atom is 0.0972 e. The quantitative estimate of drug-likeness (QED) is 0.641. The van der Waals surface area contributed by atoms with E-state index in [2.05, 4.69) is 13.8 Å². The maximum atomic E-state index is 9.43. The lowest BCUT2D eigenvalue weighted by molar-refractivity contribution is 0.134. The Kier molecular flexibility index (Phi) is 4.39. The summed E-state index contributed by atoms with van der Waals surface area (Å²) in [5, 5.41) is 9.43. The lowest BCUT2D eigenvalue weighted by Crippen LogP contribution is -2.21. The summed E-state index contributed by atoms with van der Waals surface area (Å²) in [6.45, 7) is 6.25. The molecule has 0 aliphatic carbocycles. The summed E-state index contributed by atoms with van der Waals surface area (Å²) in [6, 6.07) is 0. The Labute approximate surface area is 87.7 Å². The van der Waals surface area contributed by atoms with Crippen molar-refractivity contribution in [1.29, 1.82) is 0 Å². The third kappa shape index (κ3) is 2.96. The third-order valence-electron chi connectivity index (χ3n) is 3.05. The summed E-state index contributed by atoms with van der Waals surface area (Å²) in [5.74, 6) is 0. The predicted molar refractivity (Wildman–Crippen MR) is 58.3 cm³/mol. The lowest BCUT2D eigenvalue weighted by Gasteiger charge is -2.14. The molecule has 1 saturated heterocycles. The van der Waals surface area contributed by atoms with Gasteiger partial charge in [0.05, 0.1) is 17.8 Å². The molecule has 1 aliphatic heterocycles. The van der Waals surface area contributed by atoms with E-state index in [1.165, 1.54) is 19.3 Å². The van der Waals surface area contributed by atoms with Crippen molar-refractivity contribution >= 4 is 0 Å². The van der Waals surface area contributed by atoms with Crippen LogP contribution in [0.5, 0.6) is 0 Å². The average Bonchev–Trinajstić information content (AvgIpc) is 2.75. The van der Waals surface area contributed by atoms with Crippen LogP contribution in [0.15, 0.2) is 0 Å². The molecule has 0 spiro atoms. The van der Waals surface area contributed by atoms with Crippen molar-refractivity contribution in [3.05, 3.63) is 0 Å². The molecule has 3 unspecified atom stereocenters. The Hall–Kier alpha value is -0.0800. The second kappa shape index (κ2) is 5.13. The molecule has 0 saturated carbocycles. The Balaban J connectivity index is 2.38. The van der Waals surface area contributed by atoms with Crippen molar-refractivity contribution in [3.63, 3.8) is 0 Å². The molecule has 14 heavy (non-hydrogen) atoms. The Morgan fingerprint density at radius 3 is 2.57 bits per heavy atom. The van der Waals surface area contributed by atoms with Crippen LogP contribution >= 0.6 is 0 Å². The summed E-state index contributed by atoms with van der Waals surface area (Å²) in [6.07, 6.45) is 6.89. The zero-order chi connectivity index (χ0) is 10.6. The van der Waals surface area contributed by atoms with E-state index in [0.717, 1.165) is 19.3 Å². The average molecular weight is 200 g/mol. The minimum absolute atomic E-state index is 0.0419. The third-order valence-corrected chi connectivity index (χ3v) is 3.05. The molecule has 0 aromatic rings. The predicted octanol–water partition coefficient (Wildman–Crippen LogP) is 2.89. The number of hydrogen-bond donors (Lipinski definition) is 1. The van der Waals surface area contributed by atoms with Crippen LogP contribution in [0.25, 0.3) is 0 Å². The standard InChI is InChI=1S/C12H24O2/c1-4-6-8-12(9-10(3)13)11(14-12)7-5-2/h10-11,13H,4-9H2,1-3H3.